The van der Waals surface area contributed by atoms with Crippen molar-refractivity contribution in [1.29, 1.82) is 0 Å². The topological polar surface area (TPSA) is 41.6 Å². The van der Waals surface area contributed by atoms with E-state index in [0.717, 1.165) is 12.1 Å². The Morgan fingerprint density at radius 3 is 2.33 bits per heavy atom. The van der Waals surface area contributed by atoms with Crippen LogP contribution in [0.25, 0.3) is 0 Å². The summed E-state index contributed by atoms with van der Waals surface area (Å²) in [5.74, 6) is -0.329. The minimum Gasteiger partial charge on any atom is -0.406 e. The predicted molar refractivity (Wildman–Crippen MR) is 60.4 cm³/mol. The first kappa shape index (κ1) is 14.1. The minimum atomic E-state index is -4.72. The molecule has 1 rings (SSSR count). The first-order chi connectivity index (χ1) is 8.31. The van der Waals surface area contributed by atoms with E-state index in [1.165, 1.54) is 17.0 Å². The Hall–Kier alpha value is -1.92. The van der Waals surface area contributed by atoms with Gasteiger partial charge in [-0.3, -0.25) is 0 Å². The summed E-state index contributed by atoms with van der Waals surface area (Å²) in [5.41, 5.74) is 0.398. The molecule has 0 fully saturated rings. The average molecular weight is 262 g/mol. The van der Waals surface area contributed by atoms with Crippen LogP contribution >= 0.6 is 0 Å². The van der Waals surface area contributed by atoms with Gasteiger partial charge in [-0.15, -0.1) is 13.2 Å². The van der Waals surface area contributed by atoms with Crippen molar-refractivity contribution in [2.75, 3.05) is 18.9 Å². The lowest BCUT2D eigenvalue weighted by molar-refractivity contribution is -0.274. The zero-order chi connectivity index (χ0) is 13.8. The Balaban J connectivity index is 2.63. The number of alkyl halides is 3. The molecule has 0 saturated carbocycles. The highest BCUT2D eigenvalue weighted by Crippen LogP contribution is 2.23. The van der Waals surface area contributed by atoms with Crippen LogP contribution in [0.1, 0.15) is 6.92 Å². The van der Waals surface area contributed by atoms with Crippen molar-refractivity contribution in [3.63, 3.8) is 0 Å². The van der Waals surface area contributed by atoms with E-state index in [0.29, 0.717) is 12.2 Å². The SMILES string of the molecule is CCN(C)C(=O)Nc1ccc(OC(F)(F)F)cc1. The third-order valence-electron chi connectivity index (χ3n) is 2.16. The number of anilines is 1. The van der Waals surface area contributed by atoms with E-state index in [1.54, 1.807) is 14.0 Å². The van der Waals surface area contributed by atoms with Gasteiger partial charge in [0.1, 0.15) is 5.75 Å². The zero-order valence-corrected chi connectivity index (χ0v) is 9.91. The third-order valence-corrected chi connectivity index (χ3v) is 2.16. The third kappa shape index (κ3) is 4.52. The van der Waals surface area contributed by atoms with Gasteiger partial charge in [0, 0.05) is 19.3 Å². The number of benzene rings is 1. The van der Waals surface area contributed by atoms with Crippen LogP contribution in [0.5, 0.6) is 5.75 Å². The summed E-state index contributed by atoms with van der Waals surface area (Å²) in [7, 11) is 1.61. The van der Waals surface area contributed by atoms with Gasteiger partial charge in [-0.1, -0.05) is 0 Å². The lowest BCUT2D eigenvalue weighted by Gasteiger charge is -2.15. The van der Waals surface area contributed by atoms with Crippen molar-refractivity contribution < 1.29 is 22.7 Å². The number of amides is 2. The molecule has 2 amide bonds. The average Bonchev–Trinajstić information content (AvgIpc) is 2.28. The summed E-state index contributed by atoms with van der Waals surface area (Å²) >= 11 is 0. The Kier molecular flexibility index (Phi) is 4.41. The van der Waals surface area contributed by atoms with Gasteiger partial charge in [-0.2, -0.15) is 0 Å². The Bertz CT molecular complexity index is 404. The molecule has 0 spiro atoms. The molecule has 1 aromatic rings. The number of hydrogen-bond acceptors (Lipinski definition) is 2. The number of ether oxygens (including phenoxy) is 1. The van der Waals surface area contributed by atoms with Gasteiger partial charge in [-0.25, -0.2) is 4.79 Å². The van der Waals surface area contributed by atoms with E-state index in [1.807, 2.05) is 0 Å². The van der Waals surface area contributed by atoms with Crippen LogP contribution in [0.2, 0.25) is 0 Å². The highest BCUT2D eigenvalue weighted by molar-refractivity contribution is 5.89. The lowest BCUT2D eigenvalue weighted by atomic mass is 10.3. The number of halogens is 3. The molecule has 0 atom stereocenters. The Morgan fingerprint density at radius 2 is 1.89 bits per heavy atom. The first-order valence-corrected chi connectivity index (χ1v) is 5.19. The Morgan fingerprint density at radius 1 is 1.33 bits per heavy atom. The number of nitrogens with one attached hydrogen (secondary N) is 1. The van der Waals surface area contributed by atoms with Gasteiger partial charge in [0.2, 0.25) is 0 Å². The van der Waals surface area contributed by atoms with Crippen LogP contribution in [0, 0.1) is 0 Å². The van der Waals surface area contributed by atoms with E-state index in [4.69, 9.17) is 0 Å². The maximum Gasteiger partial charge on any atom is 0.573 e. The molecule has 0 aliphatic carbocycles. The summed E-state index contributed by atoms with van der Waals surface area (Å²) in [5, 5.41) is 2.53. The number of rotatable bonds is 3. The largest absolute Gasteiger partial charge is 0.573 e. The summed E-state index contributed by atoms with van der Waals surface area (Å²) in [6, 6.07) is 4.61. The van der Waals surface area contributed by atoms with Crippen LogP contribution in [0.4, 0.5) is 23.7 Å². The van der Waals surface area contributed by atoms with E-state index in [-0.39, 0.29) is 11.8 Å². The number of carbonyl (C=O) groups is 1. The molecule has 18 heavy (non-hydrogen) atoms. The van der Waals surface area contributed by atoms with Crippen LogP contribution in [0.3, 0.4) is 0 Å². The van der Waals surface area contributed by atoms with E-state index < -0.39 is 6.36 Å². The van der Waals surface area contributed by atoms with Gasteiger partial charge in [-0.05, 0) is 31.2 Å². The summed E-state index contributed by atoms with van der Waals surface area (Å²) in [4.78, 5) is 12.9. The van der Waals surface area contributed by atoms with Gasteiger partial charge < -0.3 is 15.0 Å². The van der Waals surface area contributed by atoms with E-state index >= 15 is 0 Å². The molecular weight excluding hydrogens is 249 g/mol. The lowest BCUT2D eigenvalue weighted by Crippen LogP contribution is -2.30. The van der Waals surface area contributed by atoms with Gasteiger partial charge >= 0.3 is 12.4 Å². The first-order valence-electron chi connectivity index (χ1n) is 5.19. The van der Waals surface area contributed by atoms with Gasteiger partial charge in [0.25, 0.3) is 0 Å². The second-order valence-electron chi connectivity index (χ2n) is 3.52. The molecule has 0 radical (unpaired) electrons. The fourth-order valence-electron chi connectivity index (χ4n) is 1.10. The highest BCUT2D eigenvalue weighted by atomic mass is 19.4. The summed E-state index contributed by atoms with van der Waals surface area (Å²) in [6.07, 6.45) is -4.72. The van der Waals surface area contributed by atoms with Crippen LogP contribution in [0.15, 0.2) is 24.3 Å². The predicted octanol–water partition coefficient (Wildman–Crippen LogP) is 3.07. The molecule has 0 heterocycles. The van der Waals surface area contributed by atoms with Gasteiger partial charge in [0.05, 0.1) is 0 Å². The fraction of sp³-hybridized carbons (Fsp3) is 0.364. The minimum absolute atomic E-state index is 0.329. The fourth-order valence-corrected chi connectivity index (χ4v) is 1.10. The van der Waals surface area contributed by atoms with Crippen LogP contribution in [-0.2, 0) is 0 Å². The molecular formula is C11H13F3N2O2. The molecule has 0 aliphatic rings. The maximum atomic E-state index is 11.9. The monoisotopic (exact) mass is 262 g/mol. The molecule has 1 N–H and O–H groups in total. The van der Waals surface area contributed by atoms with E-state index in [9.17, 15) is 18.0 Å². The Labute approximate surface area is 102 Å². The molecule has 100 valence electrons. The van der Waals surface area contributed by atoms with Crippen molar-refractivity contribution in [1.82, 2.24) is 4.90 Å². The summed E-state index contributed by atoms with van der Waals surface area (Å²) < 4.78 is 39.4. The highest BCUT2D eigenvalue weighted by Gasteiger charge is 2.30. The maximum absolute atomic E-state index is 11.9. The van der Waals surface area contributed by atoms with E-state index in [2.05, 4.69) is 10.1 Å². The number of urea groups is 1. The van der Waals surface area contributed by atoms with Crippen molar-refractivity contribution in [3.8, 4) is 5.75 Å². The van der Waals surface area contributed by atoms with Crippen molar-refractivity contribution in [3.05, 3.63) is 24.3 Å². The second kappa shape index (κ2) is 5.61. The quantitative estimate of drug-likeness (QED) is 0.909. The molecule has 4 nitrogen and oxygen atoms in total. The smallest absolute Gasteiger partial charge is 0.406 e. The van der Waals surface area contributed by atoms with Crippen LogP contribution < -0.4 is 10.1 Å². The molecule has 7 heteroatoms. The van der Waals surface area contributed by atoms with Crippen molar-refractivity contribution in [2.24, 2.45) is 0 Å². The second-order valence-corrected chi connectivity index (χ2v) is 3.52. The molecule has 1 aromatic carbocycles. The normalized spacial score (nSPS) is 10.9. The molecule has 0 unspecified atom stereocenters. The molecule has 0 bridgehead atoms. The molecule has 0 saturated heterocycles. The zero-order valence-electron chi connectivity index (χ0n) is 9.91. The number of carbonyl (C=O) groups excluding carboxylic acids is 1. The standard InChI is InChI=1S/C11H13F3N2O2/c1-3-16(2)10(17)15-8-4-6-9(7-5-8)18-11(12,13)14/h4-7H,3H2,1-2H3,(H,15,17). The van der Waals surface area contributed by atoms with Gasteiger partial charge in [0.15, 0.2) is 0 Å². The van der Waals surface area contributed by atoms with Crippen LogP contribution in [-0.4, -0.2) is 30.9 Å². The molecule has 0 aliphatic heterocycles. The number of nitrogens with zero attached hydrogens (tertiary/aromatic N) is 1. The number of hydrogen-bond donors (Lipinski definition) is 1. The van der Waals surface area contributed by atoms with Crippen molar-refractivity contribution in [2.45, 2.75) is 13.3 Å². The van der Waals surface area contributed by atoms with Crippen molar-refractivity contribution >= 4 is 11.7 Å². The molecule has 0 aromatic heterocycles. The summed E-state index contributed by atoms with van der Waals surface area (Å²) in [6.45, 7) is 2.33.